The van der Waals surface area contributed by atoms with Crippen molar-refractivity contribution in [3.63, 3.8) is 0 Å². The monoisotopic (exact) mass is 342 g/mol. The average Bonchev–Trinajstić information content (AvgIpc) is 3.04. The van der Waals surface area contributed by atoms with Crippen molar-refractivity contribution < 1.29 is 9.53 Å². The molecule has 1 aromatic carbocycles. The summed E-state index contributed by atoms with van der Waals surface area (Å²) < 4.78 is 7.17. The van der Waals surface area contributed by atoms with Crippen LogP contribution in [0.5, 0.6) is 0 Å². The van der Waals surface area contributed by atoms with E-state index in [1.165, 1.54) is 32.1 Å². The normalized spacial score (nSPS) is 15.8. The summed E-state index contributed by atoms with van der Waals surface area (Å²) in [6.07, 6.45) is 11.1. The van der Waals surface area contributed by atoms with Crippen molar-refractivity contribution in [3.8, 4) is 0 Å². The number of rotatable bonds is 8. The second-order valence-corrected chi connectivity index (χ2v) is 7.25. The van der Waals surface area contributed by atoms with Gasteiger partial charge in [0.25, 0.3) is 0 Å². The van der Waals surface area contributed by atoms with E-state index in [1.54, 1.807) is 7.11 Å². The number of ether oxygens (including phenoxy) is 1. The molecule has 0 aliphatic heterocycles. The molecule has 0 radical (unpaired) electrons. The van der Waals surface area contributed by atoms with Gasteiger partial charge in [-0.15, -0.1) is 0 Å². The van der Waals surface area contributed by atoms with Gasteiger partial charge in [0, 0.05) is 43.8 Å². The molecule has 0 spiro atoms. The Morgan fingerprint density at radius 3 is 2.80 bits per heavy atom. The van der Waals surface area contributed by atoms with Crippen molar-refractivity contribution >= 4 is 16.7 Å². The Bertz CT molecular complexity index is 714. The minimum absolute atomic E-state index is 0.218. The maximum atomic E-state index is 12.6. The predicted molar refractivity (Wildman–Crippen MR) is 101 cm³/mol. The van der Waals surface area contributed by atoms with Crippen LogP contribution in [0.15, 0.2) is 18.3 Å². The molecule has 1 fully saturated rings. The number of carbonyl (C=O) groups is 1. The van der Waals surface area contributed by atoms with Gasteiger partial charge in [0.15, 0.2) is 5.78 Å². The zero-order valence-electron chi connectivity index (χ0n) is 15.6. The highest BCUT2D eigenvalue weighted by Crippen LogP contribution is 2.27. The van der Waals surface area contributed by atoms with E-state index in [4.69, 9.17) is 9.84 Å². The molecule has 1 aromatic heterocycles. The van der Waals surface area contributed by atoms with Crippen LogP contribution >= 0.6 is 0 Å². The lowest BCUT2D eigenvalue weighted by atomic mass is 9.89. The van der Waals surface area contributed by atoms with Gasteiger partial charge in [0.2, 0.25) is 0 Å². The summed E-state index contributed by atoms with van der Waals surface area (Å²) in [5, 5.41) is 5.93. The molecule has 1 saturated carbocycles. The molecule has 3 rings (SSSR count). The minimum atomic E-state index is 0.218. The molecule has 0 N–H and O–H groups in total. The molecule has 136 valence electrons. The number of benzene rings is 1. The van der Waals surface area contributed by atoms with Crippen molar-refractivity contribution in [3.05, 3.63) is 29.5 Å². The lowest BCUT2D eigenvalue weighted by molar-refractivity contribution is 0.0962. The van der Waals surface area contributed by atoms with Crippen LogP contribution in [-0.2, 0) is 17.7 Å². The maximum Gasteiger partial charge on any atom is 0.163 e. The molecule has 0 saturated heterocycles. The van der Waals surface area contributed by atoms with Crippen molar-refractivity contribution in [2.75, 3.05) is 13.7 Å². The molecule has 25 heavy (non-hydrogen) atoms. The molecule has 0 amide bonds. The highest BCUT2D eigenvalue weighted by Gasteiger charge is 2.17. The first-order valence-corrected chi connectivity index (χ1v) is 9.74. The van der Waals surface area contributed by atoms with Gasteiger partial charge in [-0.3, -0.25) is 9.48 Å². The average molecular weight is 342 g/mol. The van der Waals surface area contributed by atoms with E-state index in [2.05, 4.69) is 17.8 Å². The Morgan fingerprint density at radius 1 is 1.28 bits per heavy atom. The summed E-state index contributed by atoms with van der Waals surface area (Å²) in [4.78, 5) is 12.6. The zero-order valence-corrected chi connectivity index (χ0v) is 15.6. The fourth-order valence-corrected chi connectivity index (χ4v) is 4.08. The van der Waals surface area contributed by atoms with E-state index in [0.717, 1.165) is 47.3 Å². The summed E-state index contributed by atoms with van der Waals surface area (Å²) in [6.45, 7) is 3.77. The van der Waals surface area contributed by atoms with Gasteiger partial charge in [0.1, 0.15) is 0 Å². The molecule has 4 heteroatoms. The first kappa shape index (κ1) is 18.1. The number of hydrogen-bond acceptors (Lipinski definition) is 3. The lowest BCUT2D eigenvalue weighted by Gasteiger charge is -2.21. The fourth-order valence-electron chi connectivity index (χ4n) is 4.08. The number of fused-ring (bicyclic) bond motifs is 1. The Balaban J connectivity index is 1.81. The van der Waals surface area contributed by atoms with Crippen LogP contribution in [0.1, 0.15) is 67.8 Å². The Kier molecular flexibility index (Phi) is 6.24. The highest BCUT2D eigenvalue weighted by atomic mass is 16.5. The molecule has 4 nitrogen and oxygen atoms in total. The van der Waals surface area contributed by atoms with Crippen LogP contribution in [0.3, 0.4) is 0 Å². The summed E-state index contributed by atoms with van der Waals surface area (Å²) in [6, 6.07) is 3.98. The van der Waals surface area contributed by atoms with Crippen molar-refractivity contribution in [1.82, 2.24) is 9.78 Å². The van der Waals surface area contributed by atoms with Gasteiger partial charge in [0.05, 0.1) is 5.52 Å². The quantitative estimate of drug-likeness (QED) is 0.512. The number of nitrogens with zero attached hydrogens (tertiary/aromatic N) is 2. The molecule has 1 aliphatic rings. The molecular formula is C21H30N2O2. The molecule has 1 aliphatic carbocycles. The van der Waals surface area contributed by atoms with E-state index >= 15 is 0 Å². The van der Waals surface area contributed by atoms with Gasteiger partial charge in [-0.2, -0.15) is 5.10 Å². The summed E-state index contributed by atoms with van der Waals surface area (Å²) in [5.41, 5.74) is 3.03. The van der Waals surface area contributed by atoms with Gasteiger partial charge in [-0.25, -0.2) is 0 Å². The van der Waals surface area contributed by atoms with Crippen LogP contribution in [0, 0.1) is 5.92 Å². The van der Waals surface area contributed by atoms with Crippen LogP contribution in [-0.4, -0.2) is 29.3 Å². The third-order valence-corrected chi connectivity index (χ3v) is 5.42. The first-order chi connectivity index (χ1) is 12.2. The summed E-state index contributed by atoms with van der Waals surface area (Å²) >= 11 is 0. The molecule has 1 heterocycles. The van der Waals surface area contributed by atoms with Gasteiger partial charge >= 0.3 is 0 Å². The van der Waals surface area contributed by atoms with Crippen LogP contribution < -0.4 is 0 Å². The Labute approximate surface area is 150 Å². The number of hydrogen-bond donors (Lipinski definition) is 0. The number of ketones is 1. The standard InChI is InChI=1S/C21H30N2O2/c1-3-17-18(21(24)10-7-13-25-2)11-12-20-19(17)15-23(22-20)14-16-8-5-4-6-9-16/h11-12,15-16H,3-10,13-14H2,1-2H3. The first-order valence-electron chi connectivity index (χ1n) is 9.74. The number of aromatic nitrogens is 2. The van der Waals surface area contributed by atoms with Crippen LogP contribution in [0.25, 0.3) is 10.9 Å². The smallest absolute Gasteiger partial charge is 0.163 e. The van der Waals surface area contributed by atoms with Gasteiger partial charge in [-0.1, -0.05) is 26.2 Å². The Hall–Kier alpha value is -1.68. The van der Waals surface area contributed by atoms with E-state index in [0.29, 0.717) is 13.0 Å². The van der Waals surface area contributed by atoms with Crippen molar-refractivity contribution in [2.24, 2.45) is 5.92 Å². The predicted octanol–water partition coefficient (Wildman–Crippen LogP) is 4.79. The minimum Gasteiger partial charge on any atom is -0.385 e. The summed E-state index contributed by atoms with van der Waals surface area (Å²) in [5.74, 6) is 0.971. The summed E-state index contributed by atoms with van der Waals surface area (Å²) in [7, 11) is 1.68. The third kappa shape index (κ3) is 4.30. The third-order valence-electron chi connectivity index (χ3n) is 5.42. The Morgan fingerprint density at radius 2 is 2.08 bits per heavy atom. The van der Waals surface area contributed by atoms with Crippen LogP contribution in [0.4, 0.5) is 0 Å². The second-order valence-electron chi connectivity index (χ2n) is 7.25. The number of aryl methyl sites for hydroxylation is 1. The number of methoxy groups -OCH3 is 1. The molecule has 0 atom stereocenters. The van der Waals surface area contributed by atoms with Crippen molar-refractivity contribution in [2.45, 2.75) is 64.8 Å². The molecule has 0 bridgehead atoms. The molecule has 0 unspecified atom stereocenters. The van der Waals surface area contributed by atoms with Gasteiger partial charge < -0.3 is 4.74 Å². The zero-order chi connectivity index (χ0) is 17.6. The maximum absolute atomic E-state index is 12.6. The van der Waals surface area contributed by atoms with E-state index in [9.17, 15) is 4.79 Å². The largest absolute Gasteiger partial charge is 0.385 e. The van der Waals surface area contributed by atoms with Gasteiger partial charge in [-0.05, 0) is 49.3 Å². The molecular weight excluding hydrogens is 312 g/mol. The topological polar surface area (TPSA) is 44.1 Å². The van der Waals surface area contributed by atoms with E-state index in [1.807, 2.05) is 12.1 Å². The SMILES string of the molecule is CCc1c(C(=O)CCCOC)ccc2nn(CC3CCCCC3)cc12. The van der Waals surface area contributed by atoms with Crippen molar-refractivity contribution in [1.29, 1.82) is 0 Å². The fraction of sp³-hybridized carbons (Fsp3) is 0.619. The number of carbonyl (C=O) groups excluding carboxylic acids is 1. The second kappa shape index (κ2) is 8.61. The van der Waals surface area contributed by atoms with E-state index in [-0.39, 0.29) is 5.78 Å². The lowest BCUT2D eigenvalue weighted by Crippen LogP contribution is -2.14. The highest BCUT2D eigenvalue weighted by molar-refractivity contribution is 6.02. The van der Waals surface area contributed by atoms with E-state index < -0.39 is 0 Å². The molecule has 2 aromatic rings. The van der Waals surface area contributed by atoms with Crippen LogP contribution in [0.2, 0.25) is 0 Å². The number of Topliss-reactive ketones (excluding diaryl/α,β-unsaturated/α-hetero) is 1.